The van der Waals surface area contributed by atoms with E-state index in [1.165, 1.54) is 6.42 Å². The second-order valence-corrected chi connectivity index (χ2v) is 7.52. The third kappa shape index (κ3) is 4.98. The van der Waals surface area contributed by atoms with Gasteiger partial charge in [-0.2, -0.15) is 0 Å². The van der Waals surface area contributed by atoms with E-state index >= 15 is 0 Å². The normalized spacial score (nSPS) is 16.9. The van der Waals surface area contributed by atoms with Gasteiger partial charge in [0, 0.05) is 30.1 Å². The lowest BCUT2D eigenvalue weighted by Gasteiger charge is -2.22. The Kier molecular flexibility index (Phi) is 8.56. The number of nitrogens with zero attached hydrogens (tertiary/aromatic N) is 3. The van der Waals surface area contributed by atoms with Crippen molar-refractivity contribution < 1.29 is 4.79 Å². The van der Waals surface area contributed by atoms with Crippen molar-refractivity contribution in [3.63, 3.8) is 0 Å². The molecule has 2 aliphatic rings. The number of aryl methyl sites for hydroxylation is 1. The fourth-order valence-corrected chi connectivity index (χ4v) is 3.99. The number of halogens is 3. The van der Waals surface area contributed by atoms with Crippen LogP contribution < -0.4 is 10.6 Å². The van der Waals surface area contributed by atoms with Gasteiger partial charge in [-0.25, -0.2) is 0 Å². The van der Waals surface area contributed by atoms with Crippen LogP contribution in [0, 0.1) is 5.92 Å². The summed E-state index contributed by atoms with van der Waals surface area (Å²) in [5, 5.41) is 15.7. The zero-order valence-corrected chi connectivity index (χ0v) is 18.0. The predicted octanol–water partition coefficient (Wildman–Crippen LogP) is 4.11. The molecule has 0 spiro atoms. The SMILES string of the molecule is Cl.Cl.O=C(Nc1ccc(Cl)c(-c2nnc3n2CCCCC3)c1)C1CCNCC1. The molecule has 1 fully saturated rings. The maximum Gasteiger partial charge on any atom is 0.227 e. The van der Waals surface area contributed by atoms with Crippen LogP contribution in [0.5, 0.6) is 0 Å². The van der Waals surface area contributed by atoms with Crippen LogP contribution in [0.25, 0.3) is 11.4 Å². The van der Waals surface area contributed by atoms with Gasteiger partial charge in [-0.1, -0.05) is 18.0 Å². The molecule has 0 bridgehead atoms. The van der Waals surface area contributed by atoms with Crippen molar-refractivity contribution in [2.45, 2.75) is 45.1 Å². The van der Waals surface area contributed by atoms with Gasteiger partial charge in [0.05, 0.1) is 5.02 Å². The van der Waals surface area contributed by atoms with Crippen molar-refractivity contribution in [1.29, 1.82) is 0 Å². The number of aromatic nitrogens is 3. The molecule has 2 aliphatic heterocycles. The monoisotopic (exact) mass is 445 g/mol. The van der Waals surface area contributed by atoms with Gasteiger partial charge in [-0.15, -0.1) is 35.0 Å². The van der Waals surface area contributed by atoms with Gasteiger partial charge in [-0.05, 0) is 57.0 Å². The van der Waals surface area contributed by atoms with Crippen LogP contribution >= 0.6 is 36.4 Å². The highest BCUT2D eigenvalue weighted by Crippen LogP contribution is 2.31. The molecule has 0 atom stereocenters. The van der Waals surface area contributed by atoms with Gasteiger partial charge < -0.3 is 15.2 Å². The number of nitrogens with one attached hydrogen (secondary N) is 2. The highest BCUT2D eigenvalue weighted by atomic mass is 35.5. The second kappa shape index (κ2) is 10.4. The Morgan fingerprint density at radius 2 is 1.93 bits per heavy atom. The Labute approximate surface area is 182 Å². The number of carbonyl (C=O) groups is 1. The lowest BCUT2D eigenvalue weighted by molar-refractivity contribution is -0.120. The first kappa shape index (κ1) is 22.9. The molecule has 9 heteroatoms. The van der Waals surface area contributed by atoms with Crippen LogP contribution in [0.1, 0.15) is 37.9 Å². The van der Waals surface area contributed by atoms with E-state index in [9.17, 15) is 4.79 Å². The number of hydrogen-bond acceptors (Lipinski definition) is 4. The van der Waals surface area contributed by atoms with E-state index in [1.807, 2.05) is 18.2 Å². The van der Waals surface area contributed by atoms with E-state index < -0.39 is 0 Å². The molecule has 28 heavy (non-hydrogen) atoms. The highest BCUT2D eigenvalue weighted by molar-refractivity contribution is 6.33. The summed E-state index contributed by atoms with van der Waals surface area (Å²) in [4.78, 5) is 12.5. The number of carbonyl (C=O) groups excluding carboxylic acids is 1. The number of amides is 1. The molecule has 6 nitrogen and oxygen atoms in total. The van der Waals surface area contributed by atoms with Crippen LogP contribution in [0.4, 0.5) is 5.69 Å². The van der Waals surface area contributed by atoms with Gasteiger partial charge in [0.1, 0.15) is 5.82 Å². The van der Waals surface area contributed by atoms with Crippen molar-refractivity contribution in [2.75, 3.05) is 18.4 Å². The summed E-state index contributed by atoms with van der Waals surface area (Å²) in [7, 11) is 0. The number of anilines is 1. The summed E-state index contributed by atoms with van der Waals surface area (Å²) in [5.41, 5.74) is 1.59. The quantitative estimate of drug-likeness (QED) is 0.744. The zero-order valence-electron chi connectivity index (χ0n) is 15.6. The van der Waals surface area contributed by atoms with Gasteiger partial charge in [0.2, 0.25) is 5.91 Å². The summed E-state index contributed by atoms with van der Waals surface area (Å²) in [6, 6.07) is 5.60. The highest BCUT2D eigenvalue weighted by Gasteiger charge is 2.22. The van der Waals surface area contributed by atoms with E-state index in [0.29, 0.717) is 5.02 Å². The summed E-state index contributed by atoms with van der Waals surface area (Å²) < 4.78 is 2.17. The Bertz CT molecular complexity index is 805. The fourth-order valence-electron chi connectivity index (χ4n) is 3.79. The molecule has 1 amide bonds. The molecule has 0 radical (unpaired) electrons. The van der Waals surface area contributed by atoms with Crippen molar-refractivity contribution in [1.82, 2.24) is 20.1 Å². The van der Waals surface area contributed by atoms with Gasteiger partial charge in [-0.3, -0.25) is 4.79 Å². The molecule has 0 saturated carbocycles. The van der Waals surface area contributed by atoms with Crippen LogP contribution in [-0.4, -0.2) is 33.8 Å². The molecule has 3 heterocycles. The Hall–Kier alpha value is -1.34. The third-order valence-corrected chi connectivity index (χ3v) is 5.62. The fraction of sp³-hybridized carbons (Fsp3) is 0.526. The Morgan fingerprint density at radius 3 is 2.71 bits per heavy atom. The summed E-state index contributed by atoms with van der Waals surface area (Å²) in [5.74, 6) is 1.97. The first-order chi connectivity index (χ1) is 12.7. The molecule has 0 unspecified atom stereocenters. The summed E-state index contributed by atoms with van der Waals surface area (Å²) in [6.07, 6.45) is 6.20. The molecular weight excluding hydrogens is 421 g/mol. The van der Waals surface area contributed by atoms with Crippen molar-refractivity contribution in [3.8, 4) is 11.4 Å². The minimum Gasteiger partial charge on any atom is -0.326 e. The first-order valence-corrected chi connectivity index (χ1v) is 9.84. The molecule has 154 valence electrons. The molecule has 2 N–H and O–H groups in total. The average Bonchev–Trinajstić information content (AvgIpc) is 2.92. The molecule has 1 aromatic carbocycles. The minimum absolute atomic E-state index is 0. The largest absolute Gasteiger partial charge is 0.326 e. The number of fused-ring (bicyclic) bond motifs is 1. The molecule has 4 rings (SSSR count). The van der Waals surface area contributed by atoms with Crippen LogP contribution in [0.2, 0.25) is 5.02 Å². The zero-order chi connectivity index (χ0) is 17.9. The molecule has 1 saturated heterocycles. The number of rotatable bonds is 3. The number of piperidine rings is 1. The second-order valence-electron chi connectivity index (χ2n) is 7.11. The average molecular weight is 447 g/mol. The van der Waals surface area contributed by atoms with Crippen LogP contribution in [0.3, 0.4) is 0 Å². The number of hydrogen-bond donors (Lipinski definition) is 2. The van der Waals surface area contributed by atoms with E-state index in [-0.39, 0.29) is 36.6 Å². The van der Waals surface area contributed by atoms with E-state index in [1.54, 1.807) is 0 Å². The maximum absolute atomic E-state index is 12.5. The lowest BCUT2D eigenvalue weighted by Crippen LogP contribution is -2.34. The van der Waals surface area contributed by atoms with Gasteiger partial charge >= 0.3 is 0 Å². The van der Waals surface area contributed by atoms with Crippen LogP contribution in [-0.2, 0) is 17.8 Å². The van der Waals surface area contributed by atoms with Crippen molar-refractivity contribution in [3.05, 3.63) is 29.0 Å². The van der Waals surface area contributed by atoms with Crippen LogP contribution in [0.15, 0.2) is 18.2 Å². The molecule has 0 aliphatic carbocycles. The molecule has 2 aromatic rings. The molecule has 1 aromatic heterocycles. The van der Waals surface area contributed by atoms with Crippen molar-refractivity contribution >= 4 is 48.0 Å². The van der Waals surface area contributed by atoms with Crippen molar-refractivity contribution in [2.24, 2.45) is 5.92 Å². The maximum atomic E-state index is 12.5. The Balaban J connectivity index is 0.00000140. The van der Waals surface area contributed by atoms with E-state index in [0.717, 1.165) is 74.6 Å². The smallest absolute Gasteiger partial charge is 0.227 e. The summed E-state index contributed by atoms with van der Waals surface area (Å²) in [6.45, 7) is 2.71. The Morgan fingerprint density at radius 1 is 1.14 bits per heavy atom. The summed E-state index contributed by atoms with van der Waals surface area (Å²) >= 11 is 6.45. The van der Waals surface area contributed by atoms with Gasteiger partial charge in [0.15, 0.2) is 5.82 Å². The topological polar surface area (TPSA) is 71.8 Å². The number of benzene rings is 1. The molecular formula is C19H26Cl3N5O. The minimum atomic E-state index is 0. The third-order valence-electron chi connectivity index (χ3n) is 5.29. The van der Waals surface area contributed by atoms with E-state index in [2.05, 4.69) is 25.4 Å². The lowest BCUT2D eigenvalue weighted by atomic mass is 9.97. The van der Waals surface area contributed by atoms with E-state index in [4.69, 9.17) is 11.6 Å². The van der Waals surface area contributed by atoms with Gasteiger partial charge in [0.25, 0.3) is 0 Å². The first-order valence-electron chi connectivity index (χ1n) is 9.46. The standard InChI is InChI=1S/C19H24ClN5O.2ClH/c20-16-6-5-14(22-19(26)13-7-9-21-10-8-13)12-15(16)18-24-23-17-4-2-1-3-11-25(17)18;;/h5-6,12-13,21H,1-4,7-11H2,(H,22,26);2*1H. The predicted molar refractivity (Wildman–Crippen MR) is 117 cm³/mol.